The summed E-state index contributed by atoms with van der Waals surface area (Å²) in [5.74, 6) is 6.69. The van der Waals surface area contributed by atoms with Gasteiger partial charge >= 0.3 is 0 Å². The zero-order chi connectivity index (χ0) is 12.0. The number of hydrogen-bond donors (Lipinski definition) is 2. The van der Waals surface area contributed by atoms with Gasteiger partial charge in [0.25, 0.3) is 0 Å². The third-order valence-corrected chi connectivity index (χ3v) is 3.88. The quantitative estimate of drug-likeness (QED) is 0.457. The number of benzene rings is 1. The molecule has 0 saturated carbocycles. The van der Waals surface area contributed by atoms with Crippen molar-refractivity contribution in [1.82, 2.24) is 5.43 Å². The zero-order valence-corrected chi connectivity index (χ0v) is 10.6. The number of nitrogens with one attached hydrogen (secondary N) is 1. The van der Waals surface area contributed by atoms with Gasteiger partial charge in [-0.05, 0) is 24.1 Å². The summed E-state index contributed by atoms with van der Waals surface area (Å²) in [6.45, 7) is 4.30. The molecule has 0 aliphatic rings. The van der Waals surface area contributed by atoms with Crippen LogP contribution in [0.3, 0.4) is 0 Å². The number of thioether (sulfide) groups is 1. The Labute approximate surface area is 101 Å². The number of nitrogens with two attached hydrogens (primary N) is 1. The highest BCUT2D eigenvalue weighted by Gasteiger charge is 2.14. The number of hydrazine groups is 1. The summed E-state index contributed by atoms with van der Waals surface area (Å²) in [6.07, 6.45) is 1.08. The van der Waals surface area contributed by atoms with Crippen molar-refractivity contribution in [1.29, 1.82) is 0 Å². The van der Waals surface area contributed by atoms with Crippen LogP contribution in [0.1, 0.15) is 20.3 Å². The first-order chi connectivity index (χ1) is 7.67. The fourth-order valence-corrected chi connectivity index (χ4v) is 2.57. The Morgan fingerprint density at radius 3 is 2.81 bits per heavy atom. The van der Waals surface area contributed by atoms with E-state index in [1.807, 2.05) is 6.07 Å². The van der Waals surface area contributed by atoms with Gasteiger partial charge < -0.3 is 0 Å². The first-order valence-corrected chi connectivity index (χ1v) is 6.50. The van der Waals surface area contributed by atoms with E-state index in [-0.39, 0.29) is 11.9 Å². The molecule has 0 heterocycles. The third kappa shape index (κ3) is 4.12. The van der Waals surface area contributed by atoms with Gasteiger partial charge in [0.2, 0.25) is 0 Å². The van der Waals surface area contributed by atoms with E-state index >= 15 is 0 Å². The van der Waals surface area contributed by atoms with Crippen molar-refractivity contribution in [2.75, 3.05) is 5.75 Å². The van der Waals surface area contributed by atoms with Crippen LogP contribution < -0.4 is 11.3 Å². The molecule has 4 heteroatoms. The van der Waals surface area contributed by atoms with Crippen LogP contribution >= 0.6 is 11.8 Å². The van der Waals surface area contributed by atoms with Crippen LogP contribution in [0, 0.1) is 11.7 Å². The summed E-state index contributed by atoms with van der Waals surface area (Å²) in [6, 6.07) is 6.91. The molecule has 0 aliphatic carbocycles. The molecule has 2 unspecified atom stereocenters. The zero-order valence-electron chi connectivity index (χ0n) is 9.74. The van der Waals surface area contributed by atoms with Crippen molar-refractivity contribution >= 4 is 11.8 Å². The van der Waals surface area contributed by atoms with Gasteiger partial charge in [-0.15, -0.1) is 11.8 Å². The highest BCUT2D eigenvalue weighted by molar-refractivity contribution is 7.99. The molecule has 1 rings (SSSR count). The number of rotatable bonds is 6. The van der Waals surface area contributed by atoms with Gasteiger partial charge in [-0.2, -0.15) is 0 Å². The van der Waals surface area contributed by atoms with E-state index in [4.69, 9.17) is 5.84 Å². The minimum atomic E-state index is -0.189. The van der Waals surface area contributed by atoms with Crippen LogP contribution in [0.4, 0.5) is 4.39 Å². The van der Waals surface area contributed by atoms with Gasteiger partial charge in [0, 0.05) is 16.7 Å². The average Bonchev–Trinajstić information content (AvgIpc) is 2.29. The van der Waals surface area contributed by atoms with Crippen molar-refractivity contribution in [2.24, 2.45) is 11.8 Å². The lowest BCUT2D eigenvalue weighted by molar-refractivity contribution is 0.403. The Bertz CT molecular complexity index is 320. The lowest BCUT2D eigenvalue weighted by atomic mass is 10.0. The third-order valence-electron chi connectivity index (χ3n) is 2.77. The minimum Gasteiger partial charge on any atom is -0.271 e. The van der Waals surface area contributed by atoms with Crippen LogP contribution in [0.5, 0.6) is 0 Å². The number of hydrogen-bond acceptors (Lipinski definition) is 3. The Hall–Kier alpha value is -0.580. The predicted molar refractivity (Wildman–Crippen MR) is 67.7 cm³/mol. The monoisotopic (exact) mass is 242 g/mol. The molecule has 2 nitrogen and oxygen atoms in total. The van der Waals surface area contributed by atoms with Gasteiger partial charge in [-0.25, -0.2) is 4.39 Å². The molecular formula is C12H19FN2S. The van der Waals surface area contributed by atoms with E-state index in [0.29, 0.717) is 5.92 Å². The number of halogens is 1. The van der Waals surface area contributed by atoms with Crippen molar-refractivity contribution in [2.45, 2.75) is 31.2 Å². The van der Waals surface area contributed by atoms with E-state index in [0.717, 1.165) is 17.1 Å². The average molecular weight is 242 g/mol. The van der Waals surface area contributed by atoms with Crippen LogP contribution in [0.2, 0.25) is 0 Å². The molecule has 0 spiro atoms. The maximum Gasteiger partial charge on any atom is 0.124 e. The fraction of sp³-hybridized carbons (Fsp3) is 0.500. The van der Waals surface area contributed by atoms with Crippen molar-refractivity contribution in [3.05, 3.63) is 30.1 Å². The molecule has 3 N–H and O–H groups in total. The molecule has 0 aromatic heterocycles. The molecule has 1 aromatic carbocycles. The van der Waals surface area contributed by atoms with Gasteiger partial charge in [-0.3, -0.25) is 11.3 Å². The van der Waals surface area contributed by atoms with Crippen molar-refractivity contribution < 1.29 is 4.39 Å². The predicted octanol–water partition coefficient (Wildman–Crippen LogP) is 2.80. The summed E-state index contributed by atoms with van der Waals surface area (Å²) >= 11 is 1.63. The van der Waals surface area contributed by atoms with Crippen LogP contribution in [0.25, 0.3) is 0 Å². The molecule has 0 fully saturated rings. The standard InChI is InChI=1S/C12H19FN2S/c1-3-9(2)12(15-14)8-16-11-6-4-5-10(13)7-11/h4-7,9,12,15H,3,8,14H2,1-2H3. The summed E-state index contributed by atoms with van der Waals surface area (Å²) in [4.78, 5) is 0.948. The Kier molecular flexibility index (Phi) is 5.80. The molecule has 90 valence electrons. The second kappa shape index (κ2) is 6.89. The Morgan fingerprint density at radius 1 is 1.50 bits per heavy atom. The van der Waals surface area contributed by atoms with Crippen LogP contribution in [-0.4, -0.2) is 11.8 Å². The summed E-state index contributed by atoms with van der Waals surface area (Å²) in [5, 5.41) is 0. The van der Waals surface area contributed by atoms with E-state index in [9.17, 15) is 4.39 Å². The van der Waals surface area contributed by atoms with E-state index in [1.165, 1.54) is 6.07 Å². The maximum absolute atomic E-state index is 12.9. The second-order valence-corrected chi connectivity index (χ2v) is 5.02. The lowest BCUT2D eigenvalue weighted by Gasteiger charge is -2.21. The highest BCUT2D eigenvalue weighted by Crippen LogP contribution is 2.22. The summed E-state index contributed by atoms with van der Waals surface area (Å²) in [5.41, 5.74) is 2.82. The van der Waals surface area contributed by atoms with Gasteiger partial charge in [0.05, 0.1) is 0 Å². The molecule has 16 heavy (non-hydrogen) atoms. The van der Waals surface area contributed by atoms with Crippen LogP contribution in [0.15, 0.2) is 29.2 Å². The molecule has 0 bridgehead atoms. The molecule has 2 atom stereocenters. The molecule has 0 saturated heterocycles. The van der Waals surface area contributed by atoms with Gasteiger partial charge in [0.15, 0.2) is 0 Å². The van der Waals surface area contributed by atoms with Crippen molar-refractivity contribution in [3.63, 3.8) is 0 Å². The minimum absolute atomic E-state index is 0.189. The maximum atomic E-state index is 12.9. The van der Waals surface area contributed by atoms with Crippen molar-refractivity contribution in [3.8, 4) is 0 Å². The molecule has 0 radical (unpaired) electrons. The lowest BCUT2D eigenvalue weighted by Crippen LogP contribution is -2.41. The van der Waals surface area contributed by atoms with Crippen LogP contribution in [-0.2, 0) is 0 Å². The van der Waals surface area contributed by atoms with Gasteiger partial charge in [0.1, 0.15) is 5.82 Å². The van der Waals surface area contributed by atoms with E-state index < -0.39 is 0 Å². The topological polar surface area (TPSA) is 38.0 Å². The summed E-state index contributed by atoms with van der Waals surface area (Å²) in [7, 11) is 0. The molecule has 0 amide bonds. The SMILES string of the molecule is CCC(C)C(CSc1cccc(F)c1)NN. The molecule has 0 aliphatic heterocycles. The van der Waals surface area contributed by atoms with Gasteiger partial charge in [-0.1, -0.05) is 26.3 Å². The smallest absolute Gasteiger partial charge is 0.124 e. The highest BCUT2D eigenvalue weighted by atomic mass is 32.2. The summed E-state index contributed by atoms with van der Waals surface area (Å²) < 4.78 is 12.9. The second-order valence-electron chi connectivity index (χ2n) is 3.93. The van der Waals surface area contributed by atoms with E-state index in [1.54, 1.807) is 23.9 Å². The molecule has 1 aromatic rings. The van der Waals surface area contributed by atoms with E-state index in [2.05, 4.69) is 19.3 Å². The Morgan fingerprint density at radius 2 is 2.25 bits per heavy atom. The first kappa shape index (κ1) is 13.5. The normalized spacial score (nSPS) is 14.8. The molecular weight excluding hydrogens is 223 g/mol. The Balaban J connectivity index is 2.49. The first-order valence-electron chi connectivity index (χ1n) is 5.51. The fourth-order valence-electron chi connectivity index (χ4n) is 1.40. The largest absolute Gasteiger partial charge is 0.271 e.